The van der Waals surface area contributed by atoms with E-state index in [1.807, 2.05) is 0 Å². The van der Waals surface area contributed by atoms with Gasteiger partial charge in [0, 0.05) is 32.0 Å². The lowest BCUT2D eigenvalue weighted by Crippen LogP contribution is -2.32. The van der Waals surface area contributed by atoms with Crippen LogP contribution in [-0.2, 0) is 14.8 Å². The Labute approximate surface area is 135 Å². The van der Waals surface area contributed by atoms with Crippen molar-refractivity contribution < 1.29 is 23.1 Å². The summed E-state index contributed by atoms with van der Waals surface area (Å²) >= 11 is 0. The Morgan fingerprint density at radius 3 is 2.70 bits per heavy atom. The molecule has 0 bridgehead atoms. The van der Waals surface area contributed by atoms with Gasteiger partial charge in [-0.05, 0) is 18.1 Å². The lowest BCUT2D eigenvalue weighted by Gasteiger charge is -2.17. The Morgan fingerprint density at radius 2 is 2.04 bits per heavy atom. The van der Waals surface area contributed by atoms with Gasteiger partial charge in [0.25, 0.3) is 0 Å². The number of likely N-dealkylation sites (tertiary alicyclic amines) is 1. The molecule has 0 saturated carbocycles. The largest absolute Gasteiger partial charge is 0.478 e. The molecule has 1 aromatic rings. The highest BCUT2D eigenvalue weighted by molar-refractivity contribution is 7.88. The third-order valence-electron chi connectivity index (χ3n) is 3.88. The topological polar surface area (TPSA) is 104 Å². The second-order valence-electron chi connectivity index (χ2n) is 5.63. The molecule has 1 saturated heterocycles. The van der Waals surface area contributed by atoms with Crippen molar-refractivity contribution in [2.24, 2.45) is 0 Å². The number of hydrogen-bond acceptors (Lipinski definition) is 4. The Kier molecular flexibility index (Phi) is 5.38. The highest BCUT2D eigenvalue weighted by Gasteiger charge is 2.29. The predicted molar refractivity (Wildman–Crippen MR) is 84.8 cm³/mol. The number of nitrogens with one attached hydrogen (secondary N) is 1. The van der Waals surface area contributed by atoms with E-state index in [0.29, 0.717) is 19.5 Å². The number of carboxylic acids is 1. The number of carbonyl (C=O) groups excluding carboxylic acids is 1. The molecule has 0 unspecified atom stereocenters. The van der Waals surface area contributed by atoms with Gasteiger partial charge in [0.15, 0.2) is 0 Å². The van der Waals surface area contributed by atoms with Crippen LogP contribution in [0.4, 0.5) is 0 Å². The molecule has 1 amide bonds. The van der Waals surface area contributed by atoms with Gasteiger partial charge < -0.3 is 10.0 Å². The standard InChI is InChI=1S/C15H20N2O5S/c1-23(21,22)16-8-6-14(18)17-9-7-11(10-17)12-4-2-3-5-13(12)15(19)20/h2-5,11,16H,6-10H2,1H3,(H,19,20)/t11-/m0/s1. The number of hydrogen-bond donors (Lipinski definition) is 2. The number of aromatic carboxylic acids is 1. The van der Waals surface area contributed by atoms with Crippen molar-refractivity contribution >= 4 is 21.9 Å². The minimum absolute atomic E-state index is 0.00545. The van der Waals surface area contributed by atoms with Crippen molar-refractivity contribution in [2.45, 2.75) is 18.8 Å². The van der Waals surface area contributed by atoms with Gasteiger partial charge in [0.1, 0.15) is 0 Å². The summed E-state index contributed by atoms with van der Waals surface area (Å²) in [4.78, 5) is 25.0. The van der Waals surface area contributed by atoms with E-state index in [4.69, 9.17) is 0 Å². The van der Waals surface area contributed by atoms with Crippen LogP contribution in [0.15, 0.2) is 24.3 Å². The zero-order valence-corrected chi connectivity index (χ0v) is 13.7. The number of benzene rings is 1. The van der Waals surface area contributed by atoms with Crippen molar-refractivity contribution in [1.29, 1.82) is 0 Å². The SMILES string of the molecule is CS(=O)(=O)NCCC(=O)N1CC[C@H](c2ccccc2C(=O)O)C1. The van der Waals surface area contributed by atoms with E-state index in [2.05, 4.69) is 4.72 Å². The van der Waals surface area contributed by atoms with Gasteiger partial charge in [-0.2, -0.15) is 0 Å². The molecular formula is C15H20N2O5S. The van der Waals surface area contributed by atoms with Crippen LogP contribution < -0.4 is 4.72 Å². The van der Waals surface area contributed by atoms with Crippen molar-refractivity contribution in [3.05, 3.63) is 35.4 Å². The van der Waals surface area contributed by atoms with Crippen LogP contribution >= 0.6 is 0 Å². The number of carbonyl (C=O) groups is 2. The summed E-state index contributed by atoms with van der Waals surface area (Å²) in [6, 6.07) is 6.83. The molecule has 1 fully saturated rings. The lowest BCUT2D eigenvalue weighted by molar-refractivity contribution is -0.130. The van der Waals surface area contributed by atoms with Crippen LogP contribution in [0, 0.1) is 0 Å². The van der Waals surface area contributed by atoms with Crippen molar-refractivity contribution in [2.75, 3.05) is 25.9 Å². The van der Waals surface area contributed by atoms with Gasteiger partial charge in [-0.15, -0.1) is 0 Å². The summed E-state index contributed by atoms with van der Waals surface area (Å²) in [5.74, 6) is -1.10. The fourth-order valence-corrected chi connectivity index (χ4v) is 3.26. The predicted octanol–water partition coefficient (Wildman–Crippen LogP) is 0.640. The summed E-state index contributed by atoms with van der Waals surface area (Å²) in [6.07, 6.45) is 1.85. The van der Waals surface area contributed by atoms with Gasteiger partial charge in [-0.25, -0.2) is 17.9 Å². The molecule has 2 N–H and O–H groups in total. The molecule has 126 valence electrons. The first-order valence-electron chi connectivity index (χ1n) is 7.32. The molecule has 0 spiro atoms. The first kappa shape index (κ1) is 17.4. The number of sulfonamides is 1. The minimum atomic E-state index is -3.30. The third-order valence-corrected chi connectivity index (χ3v) is 4.60. The van der Waals surface area contributed by atoms with Gasteiger partial charge in [0.2, 0.25) is 15.9 Å². The molecule has 1 aliphatic heterocycles. The molecule has 1 aromatic carbocycles. The molecule has 1 aliphatic rings. The van der Waals surface area contributed by atoms with Crippen molar-refractivity contribution in [1.82, 2.24) is 9.62 Å². The zero-order valence-electron chi connectivity index (χ0n) is 12.9. The molecule has 2 rings (SSSR count). The second-order valence-corrected chi connectivity index (χ2v) is 7.47. The van der Waals surface area contributed by atoms with Crippen LogP contribution in [0.2, 0.25) is 0 Å². The first-order chi connectivity index (χ1) is 10.8. The maximum Gasteiger partial charge on any atom is 0.335 e. The maximum absolute atomic E-state index is 12.1. The van der Waals surface area contributed by atoms with Crippen LogP contribution in [0.25, 0.3) is 0 Å². The molecule has 0 aliphatic carbocycles. The second kappa shape index (κ2) is 7.10. The normalized spacial score (nSPS) is 18.1. The average Bonchev–Trinajstić information content (AvgIpc) is 2.95. The molecule has 7 nitrogen and oxygen atoms in total. The highest BCUT2D eigenvalue weighted by atomic mass is 32.2. The Balaban J connectivity index is 1.96. The number of amides is 1. The molecule has 1 atom stereocenters. The van der Waals surface area contributed by atoms with Crippen LogP contribution in [0.1, 0.15) is 34.7 Å². The van der Waals surface area contributed by atoms with Gasteiger partial charge in [-0.3, -0.25) is 4.79 Å². The summed E-state index contributed by atoms with van der Waals surface area (Å²) in [5, 5.41) is 9.25. The molecule has 8 heteroatoms. The van der Waals surface area contributed by atoms with E-state index in [1.54, 1.807) is 29.2 Å². The van der Waals surface area contributed by atoms with Crippen LogP contribution in [-0.4, -0.2) is 56.2 Å². The van der Waals surface area contributed by atoms with Crippen LogP contribution in [0.5, 0.6) is 0 Å². The summed E-state index contributed by atoms with van der Waals surface area (Å²) in [7, 11) is -3.30. The summed E-state index contributed by atoms with van der Waals surface area (Å²) in [5.41, 5.74) is 1.01. The highest BCUT2D eigenvalue weighted by Crippen LogP contribution is 2.29. The van der Waals surface area contributed by atoms with E-state index >= 15 is 0 Å². The average molecular weight is 340 g/mol. The third kappa shape index (κ3) is 4.77. The minimum Gasteiger partial charge on any atom is -0.478 e. The molecule has 23 heavy (non-hydrogen) atoms. The fraction of sp³-hybridized carbons (Fsp3) is 0.467. The molecule has 0 aromatic heterocycles. The van der Waals surface area contributed by atoms with E-state index in [-0.39, 0.29) is 30.4 Å². The van der Waals surface area contributed by atoms with Crippen LogP contribution in [0.3, 0.4) is 0 Å². The molecule has 0 radical (unpaired) electrons. The first-order valence-corrected chi connectivity index (χ1v) is 9.21. The molecule has 1 heterocycles. The van der Waals surface area contributed by atoms with Gasteiger partial charge in [0.05, 0.1) is 11.8 Å². The zero-order chi connectivity index (χ0) is 17.0. The van der Waals surface area contributed by atoms with Gasteiger partial charge in [-0.1, -0.05) is 18.2 Å². The number of nitrogens with zero attached hydrogens (tertiary/aromatic N) is 1. The van der Waals surface area contributed by atoms with Crippen molar-refractivity contribution in [3.63, 3.8) is 0 Å². The number of carboxylic acid groups (broad SMARTS) is 1. The smallest absolute Gasteiger partial charge is 0.335 e. The van der Waals surface area contributed by atoms with E-state index in [0.717, 1.165) is 11.8 Å². The number of rotatable bonds is 6. The monoisotopic (exact) mass is 340 g/mol. The maximum atomic E-state index is 12.1. The van der Waals surface area contributed by atoms with E-state index < -0.39 is 16.0 Å². The Bertz CT molecular complexity index is 702. The lowest BCUT2D eigenvalue weighted by atomic mass is 9.93. The molecular weight excluding hydrogens is 320 g/mol. The fourth-order valence-electron chi connectivity index (χ4n) is 2.79. The summed E-state index contributed by atoms with van der Waals surface area (Å²) < 4.78 is 24.3. The van der Waals surface area contributed by atoms with Crippen molar-refractivity contribution in [3.8, 4) is 0 Å². The summed E-state index contributed by atoms with van der Waals surface area (Å²) in [6.45, 7) is 1.09. The van der Waals surface area contributed by atoms with E-state index in [9.17, 15) is 23.1 Å². The quantitative estimate of drug-likeness (QED) is 0.791. The Morgan fingerprint density at radius 1 is 1.35 bits per heavy atom. The van der Waals surface area contributed by atoms with Gasteiger partial charge >= 0.3 is 5.97 Å². The Hall–Kier alpha value is -1.93. The van der Waals surface area contributed by atoms with E-state index in [1.165, 1.54) is 0 Å².